The number of halogens is 2. The molecule has 152 valence electrons. The van der Waals surface area contributed by atoms with Crippen molar-refractivity contribution in [3.8, 4) is 22.6 Å². The number of aryl methyl sites for hydroxylation is 1. The molecule has 0 bridgehead atoms. The highest BCUT2D eigenvalue weighted by molar-refractivity contribution is 6.34. The third-order valence-electron chi connectivity index (χ3n) is 4.60. The number of aliphatic hydroxyl groups is 1. The fourth-order valence-corrected chi connectivity index (χ4v) is 3.28. The molecule has 2 aromatic heterocycles. The highest BCUT2D eigenvalue weighted by Gasteiger charge is 2.16. The second kappa shape index (κ2) is 8.40. The van der Waals surface area contributed by atoms with Crippen LogP contribution in [0.4, 0.5) is 5.69 Å². The van der Waals surface area contributed by atoms with Crippen LogP contribution in [0.2, 0.25) is 10.0 Å². The second-order valence-corrected chi connectivity index (χ2v) is 7.52. The van der Waals surface area contributed by atoms with Gasteiger partial charge < -0.3 is 19.3 Å². The van der Waals surface area contributed by atoms with E-state index in [1.807, 2.05) is 19.1 Å². The number of rotatable bonds is 5. The van der Waals surface area contributed by atoms with Gasteiger partial charge in [0.2, 0.25) is 0 Å². The lowest BCUT2D eigenvalue weighted by atomic mass is 10.1. The summed E-state index contributed by atoms with van der Waals surface area (Å²) in [4.78, 5) is 12.7. The van der Waals surface area contributed by atoms with Crippen molar-refractivity contribution in [1.82, 2.24) is 0 Å². The lowest BCUT2D eigenvalue weighted by Crippen LogP contribution is -2.11. The average molecular weight is 442 g/mol. The molecule has 30 heavy (non-hydrogen) atoms. The topological polar surface area (TPSA) is 75.6 Å². The highest BCUT2D eigenvalue weighted by Crippen LogP contribution is 2.31. The quantitative estimate of drug-likeness (QED) is 0.367. The largest absolute Gasteiger partial charge is 0.459 e. The molecule has 1 amide bonds. The minimum Gasteiger partial charge on any atom is -0.459 e. The molecule has 4 aromatic rings. The molecular weight excluding hydrogens is 425 g/mol. The molecule has 5 nitrogen and oxygen atoms in total. The number of hydrogen-bond donors (Lipinski definition) is 2. The number of anilines is 1. The van der Waals surface area contributed by atoms with E-state index in [0.29, 0.717) is 38.6 Å². The Morgan fingerprint density at radius 3 is 2.33 bits per heavy atom. The molecule has 0 unspecified atom stereocenters. The van der Waals surface area contributed by atoms with Gasteiger partial charge in [0.05, 0.1) is 10.7 Å². The van der Waals surface area contributed by atoms with Crippen molar-refractivity contribution in [3.05, 3.63) is 87.8 Å². The smallest absolute Gasteiger partial charge is 0.291 e. The minimum absolute atomic E-state index is 0.142. The first-order valence-corrected chi connectivity index (χ1v) is 9.87. The monoisotopic (exact) mass is 441 g/mol. The predicted octanol–water partition coefficient (Wildman–Crippen LogP) is 6.57. The van der Waals surface area contributed by atoms with Gasteiger partial charge in [-0.1, -0.05) is 35.3 Å². The average Bonchev–Trinajstić information content (AvgIpc) is 3.41. The normalized spacial score (nSPS) is 10.9. The zero-order chi connectivity index (χ0) is 21.3. The van der Waals surface area contributed by atoms with Gasteiger partial charge in [-0.2, -0.15) is 0 Å². The van der Waals surface area contributed by atoms with E-state index in [4.69, 9.17) is 37.1 Å². The number of hydrogen-bond acceptors (Lipinski definition) is 4. The predicted molar refractivity (Wildman–Crippen MR) is 117 cm³/mol. The molecule has 7 heteroatoms. The summed E-state index contributed by atoms with van der Waals surface area (Å²) in [5.41, 5.74) is 2.87. The third-order valence-corrected chi connectivity index (χ3v) is 5.34. The van der Waals surface area contributed by atoms with Crippen molar-refractivity contribution >= 4 is 34.8 Å². The van der Waals surface area contributed by atoms with Crippen LogP contribution >= 0.6 is 23.2 Å². The molecule has 0 aliphatic heterocycles. The molecule has 0 radical (unpaired) electrons. The Morgan fingerprint density at radius 2 is 1.60 bits per heavy atom. The summed E-state index contributed by atoms with van der Waals surface area (Å²) in [6, 6.07) is 17.4. The number of carbonyl (C=O) groups excluding carboxylic acids is 1. The van der Waals surface area contributed by atoms with Crippen molar-refractivity contribution in [2.75, 3.05) is 5.32 Å². The second-order valence-electron chi connectivity index (χ2n) is 6.70. The van der Waals surface area contributed by atoms with Crippen LogP contribution in [-0.4, -0.2) is 11.0 Å². The zero-order valence-electron chi connectivity index (χ0n) is 15.9. The number of nitrogens with one attached hydrogen (secondary N) is 1. The van der Waals surface area contributed by atoms with Gasteiger partial charge in [-0.15, -0.1) is 0 Å². The fraction of sp³-hybridized carbons (Fsp3) is 0.0870. The third kappa shape index (κ3) is 4.14. The number of carbonyl (C=O) groups is 1. The summed E-state index contributed by atoms with van der Waals surface area (Å²) in [6.07, 6.45) is 0. The van der Waals surface area contributed by atoms with E-state index in [-0.39, 0.29) is 12.4 Å². The molecule has 0 aliphatic rings. The van der Waals surface area contributed by atoms with Gasteiger partial charge in [-0.25, -0.2) is 0 Å². The van der Waals surface area contributed by atoms with Crippen molar-refractivity contribution in [1.29, 1.82) is 0 Å². The van der Waals surface area contributed by atoms with Crippen molar-refractivity contribution in [2.45, 2.75) is 13.5 Å². The Labute approximate surface area is 182 Å². The molecule has 2 aromatic carbocycles. The van der Waals surface area contributed by atoms with E-state index >= 15 is 0 Å². The minimum atomic E-state index is -0.436. The van der Waals surface area contributed by atoms with Crippen LogP contribution in [0.5, 0.6) is 0 Å². The van der Waals surface area contributed by atoms with Crippen LogP contribution in [0.15, 0.2) is 69.5 Å². The molecule has 2 N–H and O–H groups in total. The molecular formula is C23H17Cl2NO4. The van der Waals surface area contributed by atoms with Crippen molar-refractivity contribution in [3.63, 3.8) is 0 Å². The van der Waals surface area contributed by atoms with E-state index in [0.717, 1.165) is 11.1 Å². The molecule has 0 fully saturated rings. The van der Waals surface area contributed by atoms with Crippen LogP contribution in [0.1, 0.15) is 21.9 Å². The van der Waals surface area contributed by atoms with Crippen LogP contribution in [0.3, 0.4) is 0 Å². The number of furan rings is 2. The van der Waals surface area contributed by atoms with Gasteiger partial charge in [0.15, 0.2) is 5.76 Å². The van der Waals surface area contributed by atoms with Crippen LogP contribution in [0.25, 0.3) is 22.6 Å². The summed E-state index contributed by atoms with van der Waals surface area (Å²) in [7, 11) is 0. The number of amides is 1. The molecule has 0 atom stereocenters. The van der Waals surface area contributed by atoms with Crippen molar-refractivity contribution < 1.29 is 18.7 Å². The van der Waals surface area contributed by atoms with Crippen LogP contribution in [-0.2, 0) is 6.61 Å². The maximum Gasteiger partial charge on any atom is 0.291 e. The SMILES string of the molecule is Cc1ccc(-c2ccc(C(=O)Nc3cc(-c4ccc(CO)o4)ccc3Cl)o2)cc1Cl. The molecule has 0 saturated heterocycles. The number of aliphatic hydroxyl groups excluding tert-OH is 1. The zero-order valence-corrected chi connectivity index (χ0v) is 17.4. The maximum atomic E-state index is 12.7. The van der Waals surface area contributed by atoms with Crippen molar-refractivity contribution in [2.24, 2.45) is 0 Å². The van der Waals surface area contributed by atoms with E-state index in [1.54, 1.807) is 48.5 Å². The molecule has 4 rings (SSSR count). The van der Waals surface area contributed by atoms with E-state index in [2.05, 4.69) is 5.32 Å². The Hall–Kier alpha value is -2.99. The van der Waals surface area contributed by atoms with Crippen LogP contribution in [0, 0.1) is 6.92 Å². The summed E-state index contributed by atoms with van der Waals surface area (Å²) >= 11 is 12.4. The Morgan fingerprint density at radius 1 is 0.900 bits per heavy atom. The first kappa shape index (κ1) is 20.3. The molecule has 0 spiro atoms. The van der Waals surface area contributed by atoms with E-state index in [1.165, 1.54) is 0 Å². The first-order valence-electron chi connectivity index (χ1n) is 9.12. The lowest BCUT2D eigenvalue weighted by Gasteiger charge is -2.08. The summed E-state index contributed by atoms with van der Waals surface area (Å²) < 4.78 is 11.2. The Balaban J connectivity index is 1.56. The molecule has 2 heterocycles. The summed E-state index contributed by atoms with van der Waals surface area (Å²) in [5.74, 6) is 1.25. The fourth-order valence-electron chi connectivity index (χ4n) is 2.94. The standard InChI is InChI=1S/C23H17Cl2NO4/c1-13-2-3-14(10-18(13)25)21-8-9-22(30-21)23(28)26-19-11-15(4-6-17(19)24)20-7-5-16(12-27)29-20/h2-11,27H,12H2,1H3,(H,26,28). The van der Waals surface area contributed by atoms with Gasteiger partial charge in [0.1, 0.15) is 23.9 Å². The molecule has 0 saturated carbocycles. The van der Waals surface area contributed by atoms with E-state index in [9.17, 15) is 4.79 Å². The Kier molecular flexibility index (Phi) is 5.68. The summed E-state index contributed by atoms with van der Waals surface area (Å²) in [5, 5.41) is 12.9. The van der Waals surface area contributed by atoms with Gasteiger partial charge in [-0.05, 0) is 61.0 Å². The number of benzene rings is 2. The van der Waals surface area contributed by atoms with Gasteiger partial charge in [0, 0.05) is 16.1 Å². The van der Waals surface area contributed by atoms with E-state index < -0.39 is 5.91 Å². The highest BCUT2D eigenvalue weighted by atomic mass is 35.5. The van der Waals surface area contributed by atoms with Gasteiger partial charge in [-0.3, -0.25) is 4.79 Å². The first-order chi connectivity index (χ1) is 14.4. The van der Waals surface area contributed by atoms with Crippen LogP contribution < -0.4 is 5.32 Å². The lowest BCUT2D eigenvalue weighted by molar-refractivity contribution is 0.0997. The van der Waals surface area contributed by atoms with Gasteiger partial charge in [0.25, 0.3) is 5.91 Å². The maximum absolute atomic E-state index is 12.7. The Bertz CT molecular complexity index is 1230. The van der Waals surface area contributed by atoms with Gasteiger partial charge >= 0.3 is 0 Å². The summed E-state index contributed by atoms with van der Waals surface area (Å²) in [6.45, 7) is 1.72. The molecule has 0 aliphatic carbocycles.